The molecule has 0 bridgehead atoms. The summed E-state index contributed by atoms with van der Waals surface area (Å²) in [7, 11) is -3.34. The highest BCUT2D eigenvalue weighted by Gasteiger charge is 2.05. The maximum atomic E-state index is 10.9. The molecule has 2 nitrogen and oxygen atoms in total. The molecule has 0 aromatic heterocycles. The first-order chi connectivity index (χ1) is 5.64. The van der Waals surface area contributed by atoms with Crippen molar-refractivity contribution >= 4 is 9.84 Å². The van der Waals surface area contributed by atoms with E-state index in [1.54, 1.807) is 29.5 Å². The Labute approximate surface area is 72.2 Å². The number of hydrogen-bond donors (Lipinski definition) is 0. The first-order valence-corrected chi connectivity index (χ1v) is 5.03. The fourth-order valence-corrected chi connectivity index (χ4v) is 1.55. The van der Waals surface area contributed by atoms with E-state index in [9.17, 15) is 8.42 Å². The fraction of sp³-hybridized carbons (Fsp3) is 0.111. The Hall–Kier alpha value is -1.27. The van der Waals surface area contributed by atoms with E-state index >= 15 is 0 Å². The number of hydrogen-bond acceptors (Lipinski definition) is 2. The molecule has 0 radical (unpaired) electrons. The predicted octanol–water partition coefficient (Wildman–Crippen LogP) is 1.19. The quantitative estimate of drug-likeness (QED) is 0.506. The van der Waals surface area contributed by atoms with E-state index in [0.29, 0.717) is 0 Å². The van der Waals surface area contributed by atoms with Gasteiger partial charge in [0.2, 0.25) is 9.84 Å². The van der Waals surface area contributed by atoms with Crippen molar-refractivity contribution in [3.8, 4) is 11.7 Å². The minimum atomic E-state index is -3.34. The van der Waals surface area contributed by atoms with E-state index in [0.717, 1.165) is 5.56 Å². The van der Waals surface area contributed by atoms with E-state index in [-0.39, 0.29) is 5.75 Å². The lowest BCUT2D eigenvalue weighted by Crippen LogP contribution is -1.99. The zero-order chi connectivity index (χ0) is 9.03. The predicted molar refractivity (Wildman–Crippen MR) is 47.9 cm³/mol. The van der Waals surface area contributed by atoms with Gasteiger partial charge in [0.05, 0.1) is 5.75 Å². The Bertz CT molecular complexity index is 384. The van der Waals surface area contributed by atoms with Crippen LogP contribution in [-0.4, -0.2) is 8.42 Å². The van der Waals surface area contributed by atoms with Gasteiger partial charge in [0, 0.05) is 5.25 Å². The largest absolute Gasteiger partial charge is 0.220 e. The summed E-state index contributed by atoms with van der Waals surface area (Å²) in [5, 5.41) is 1.76. The molecule has 0 amide bonds. The van der Waals surface area contributed by atoms with Crippen molar-refractivity contribution in [1.82, 2.24) is 0 Å². The van der Waals surface area contributed by atoms with Crippen LogP contribution in [0.15, 0.2) is 30.3 Å². The molecular weight excluding hydrogens is 172 g/mol. The van der Waals surface area contributed by atoms with E-state index in [2.05, 4.69) is 0 Å². The molecule has 1 rings (SSSR count). The molecule has 62 valence electrons. The normalized spacial score (nSPS) is 10.6. The zero-order valence-electron chi connectivity index (χ0n) is 6.40. The van der Waals surface area contributed by atoms with Crippen LogP contribution in [0.5, 0.6) is 0 Å². The Morgan fingerprint density at radius 2 is 1.83 bits per heavy atom. The van der Waals surface area contributed by atoms with Gasteiger partial charge in [-0.2, -0.15) is 0 Å². The molecule has 0 aliphatic carbocycles. The Balaban J connectivity index is 2.87. The van der Waals surface area contributed by atoms with Crippen molar-refractivity contribution in [1.29, 1.82) is 0 Å². The summed E-state index contributed by atoms with van der Waals surface area (Å²) in [6, 6.07) is 8.85. The maximum absolute atomic E-state index is 10.9. The molecule has 0 atom stereocenters. The van der Waals surface area contributed by atoms with Crippen LogP contribution < -0.4 is 0 Å². The summed E-state index contributed by atoms with van der Waals surface area (Å²) in [4.78, 5) is 0. The van der Waals surface area contributed by atoms with Gasteiger partial charge in [-0.05, 0) is 5.56 Å². The van der Waals surface area contributed by atoms with Crippen molar-refractivity contribution in [2.75, 3.05) is 0 Å². The summed E-state index contributed by atoms with van der Waals surface area (Å²) in [5.41, 5.74) is 0.718. The average Bonchev–Trinajstić information content (AvgIpc) is 2.06. The first-order valence-electron chi connectivity index (χ1n) is 3.38. The van der Waals surface area contributed by atoms with Gasteiger partial charge >= 0.3 is 0 Å². The monoisotopic (exact) mass is 180 g/mol. The third-order valence-electron chi connectivity index (χ3n) is 1.38. The average molecular weight is 180 g/mol. The van der Waals surface area contributed by atoms with Crippen LogP contribution in [0.1, 0.15) is 5.56 Å². The lowest BCUT2D eigenvalue weighted by atomic mass is 10.2. The summed E-state index contributed by atoms with van der Waals surface area (Å²) in [6.45, 7) is 0. The van der Waals surface area contributed by atoms with Crippen LogP contribution in [0.4, 0.5) is 0 Å². The van der Waals surface area contributed by atoms with Gasteiger partial charge < -0.3 is 0 Å². The van der Waals surface area contributed by atoms with Crippen molar-refractivity contribution in [2.45, 2.75) is 5.75 Å². The third-order valence-corrected chi connectivity index (χ3v) is 2.45. The second-order valence-corrected chi connectivity index (χ2v) is 4.12. The highest BCUT2D eigenvalue weighted by Crippen LogP contribution is 2.04. The number of terminal acetylenes is 1. The molecule has 0 saturated heterocycles. The van der Waals surface area contributed by atoms with Gasteiger partial charge in [-0.25, -0.2) is 8.42 Å². The molecule has 0 heterocycles. The Kier molecular flexibility index (Phi) is 2.51. The SMILES string of the molecule is C#CS(=O)(=O)Cc1ccccc1. The van der Waals surface area contributed by atoms with Gasteiger partial charge in [0.25, 0.3) is 0 Å². The molecule has 12 heavy (non-hydrogen) atoms. The summed E-state index contributed by atoms with van der Waals surface area (Å²) < 4.78 is 21.9. The summed E-state index contributed by atoms with van der Waals surface area (Å²) in [6.07, 6.45) is 4.82. The van der Waals surface area contributed by atoms with Gasteiger partial charge in [-0.3, -0.25) is 0 Å². The smallest absolute Gasteiger partial charge is 0.215 e. The third kappa shape index (κ3) is 2.40. The zero-order valence-corrected chi connectivity index (χ0v) is 7.21. The Morgan fingerprint density at radius 1 is 1.25 bits per heavy atom. The second kappa shape index (κ2) is 3.42. The van der Waals surface area contributed by atoms with E-state index in [4.69, 9.17) is 6.42 Å². The highest BCUT2D eigenvalue weighted by atomic mass is 32.2. The Morgan fingerprint density at radius 3 is 2.33 bits per heavy atom. The van der Waals surface area contributed by atoms with E-state index < -0.39 is 9.84 Å². The molecule has 0 saturated carbocycles. The molecule has 0 N–H and O–H groups in total. The minimum absolute atomic E-state index is 0.0790. The molecule has 0 aliphatic rings. The van der Waals surface area contributed by atoms with Gasteiger partial charge in [-0.15, -0.1) is 6.42 Å². The number of benzene rings is 1. The lowest BCUT2D eigenvalue weighted by Gasteiger charge is -1.95. The van der Waals surface area contributed by atoms with Crippen LogP contribution in [0, 0.1) is 11.7 Å². The number of rotatable bonds is 2. The van der Waals surface area contributed by atoms with Gasteiger partial charge in [0.15, 0.2) is 0 Å². The molecule has 0 aliphatic heterocycles. The van der Waals surface area contributed by atoms with Crippen LogP contribution in [0.3, 0.4) is 0 Å². The molecule has 1 aromatic rings. The van der Waals surface area contributed by atoms with E-state index in [1.807, 2.05) is 6.07 Å². The van der Waals surface area contributed by atoms with Gasteiger partial charge in [-0.1, -0.05) is 30.3 Å². The highest BCUT2D eigenvalue weighted by molar-refractivity contribution is 7.95. The first kappa shape index (κ1) is 8.82. The molecule has 0 unspecified atom stereocenters. The second-order valence-electron chi connectivity index (χ2n) is 2.36. The summed E-state index contributed by atoms with van der Waals surface area (Å²) in [5.74, 6) is -0.0790. The van der Waals surface area contributed by atoms with Crippen molar-refractivity contribution < 1.29 is 8.42 Å². The molecule has 1 aromatic carbocycles. The molecule has 0 spiro atoms. The maximum Gasteiger partial charge on any atom is 0.220 e. The van der Waals surface area contributed by atoms with Crippen LogP contribution in [0.2, 0.25) is 0 Å². The fourth-order valence-electron chi connectivity index (χ4n) is 0.835. The molecule has 0 fully saturated rings. The van der Waals surface area contributed by atoms with Crippen LogP contribution >= 0.6 is 0 Å². The van der Waals surface area contributed by atoms with Crippen molar-refractivity contribution in [3.05, 3.63) is 35.9 Å². The lowest BCUT2D eigenvalue weighted by molar-refractivity contribution is 0.605. The molecule has 3 heteroatoms. The minimum Gasteiger partial charge on any atom is -0.215 e. The number of sulfone groups is 1. The standard InChI is InChI=1S/C9H8O2S/c1-2-12(10,11)8-9-6-4-3-5-7-9/h1,3-7H,8H2. The van der Waals surface area contributed by atoms with Crippen LogP contribution in [-0.2, 0) is 15.6 Å². The summed E-state index contributed by atoms with van der Waals surface area (Å²) >= 11 is 0. The van der Waals surface area contributed by atoms with Crippen molar-refractivity contribution in [2.24, 2.45) is 0 Å². The van der Waals surface area contributed by atoms with Gasteiger partial charge in [0.1, 0.15) is 0 Å². The van der Waals surface area contributed by atoms with Crippen molar-refractivity contribution in [3.63, 3.8) is 0 Å². The van der Waals surface area contributed by atoms with Crippen LogP contribution in [0.25, 0.3) is 0 Å². The van der Waals surface area contributed by atoms with E-state index in [1.165, 1.54) is 0 Å². The topological polar surface area (TPSA) is 34.1 Å². The molecular formula is C9H8O2S.